The van der Waals surface area contributed by atoms with Crippen LogP contribution in [0.25, 0.3) is 0 Å². The molecule has 0 spiro atoms. The summed E-state index contributed by atoms with van der Waals surface area (Å²) in [6.07, 6.45) is 7.95. The number of aliphatic hydroxyl groups is 1. The summed E-state index contributed by atoms with van der Waals surface area (Å²) in [5, 5.41) is 10.6. The van der Waals surface area contributed by atoms with E-state index >= 15 is 0 Å². The van der Waals surface area contributed by atoms with Gasteiger partial charge in [-0.15, -0.1) is 0 Å². The first-order valence-electron chi connectivity index (χ1n) is 9.94. The number of hydrogen-bond acceptors (Lipinski definition) is 3. The number of amides is 1. The van der Waals surface area contributed by atoms with Gasteiger partial charge in [-0.05, 0) is 37.2 Å². The highest BCUT2D eigenvalue weighted by atomic mass is 16.3. The Morgan fingerprint density at radius 1 is 1.00 bits per heavy atom. The molecular weight excluding hydrogens is 312 g/mol. The highest BCUT2D eigenvalue weighted by molar-refractivity contribution is 5.79. The Kier molecular flexibility index (Phi) is 6.49. The van der Waals surface area contributed by atoms with E-state index in [2.05, 4.69) is 0 Å². The van der Waals surface area contributed by atoms with Crippen molar-refractivity contribution in [3.05, 3.63) is 35.9 Å². The number of nitrogens with two attached hydrogens (primary N) is 1. The fourth-order valence-corrected chi connectivity index (χ4v) is 4.41. The van der Waals surface area contributed by atoms with Gasteiger partial charge in [-0.3, -0.25) is 4.79 Å². The Labute approximate surface area is 151 Å². The molecule has 2 fully saturated rings. The van der Waals surface area contributed by atoms with Crippen molar-refractivity contribution < 1.29 is 9.90 Å². The molecule has 0 aromatic heterocycles. The van der Waals surface area contributed by atoms with Gasteiger partial charge in [0.15, 0.2) is 0 Å². The summed E-state index contributed by atoms with van der Waals surface area (Å²) in [5.41, 5.74) is 7.30. The SMILES string of the molecule is NC1CCCCCCC1C(=O)N1CCC(C(O)c2ccccc2)CC1. The Bertz CT molecular complexity index is 540. The predicted molar refractivity (Wildman–Crippen MR) is 99.9 cm³/mol. The number of carbonyl (C=O) groups is 1. The van der Waals surface area contributed by atoms with Crippen LogP contribution in [0.1, 0.15) is 63.0 Å². The Balaban J connectivity index is 1.55. The lowest BCUT2D eigenvalue weighted by molar-refractivity contribution is -0.138. The third kappa shape index (κ3) is 4.62. The molecule has 3 N–H and O–H groups in total. The maximum atomic E-state index is 13.0. The fourth-order valence-electron chi connectivity index (χ4n) is 4.41. The number of aliphatic hydroxyl groups excluding tert-OH is 1. The predicted octanol–water partition coefficient (Wildman–Crippen LogP) is 3.26. The average Bonchev–Trinajstić information content (AvgIpc) is 2.65. The largest absolute Gasteiger partial charge is 0.388 e. The summed E-state index contributed by atoms with van der Waals surface area (Å²) >= 11 is 0. The zero-order valence-corrected chi connectivity index (χ0v) is 15.1. The highest BCUT2D eigenvalue weighted by Crippen LogP contribution is 2.32. The van der Waals surface area contributed by atoms with Gasteiger partial charge in [0.1, 0.15) is 0 Å². The number of piperidine rings is 1. The molecule has 1 aliphatic heterocycles. The summed E-state index contributed by atoms with van der Waals surface area (Å²) in [6, 6.07) is 9.88. The number of rotatable bonds is 3. The van der Waals surface area contributed by atoms with Crippen molar-refractivity contribution in [1.29, 1.82) is 0 Å². The Hall–Kier alpha value is -1.39. The van der Waals surface area contributed by atoms with Crippen LogP contribution in [0.2, 0.25) is 0 Å². The summed E-state index contributed by atoms with van der Waals surface area (Å²) in [5.74, 6) is 0.482. The monoisotopic (exact) mass is 344 g/mol. The van der Waals surface area contributed by atoms with Crippen LogP contribution in [0.5, 0.6) is 0 Å². The van der Waals surface area contributed by atoms with Crippen LogP contribution < -0.4 is 5.73 Å². The minimum Gasteiger partial charge on any atom is -0.388 e. The van der Waals surface area contributed by atoms with Crippen molar-refractivity contribution in [2.75, 3.05) is 13.1 Å². The molecule has 1 amide bonds. The van der Waals surface area contributed by atoms with Crippen LogP contribution in [0, 0.1) is 11.8 Å². The van der Waals surface area contributed by atoms with E-state index in [0.29, 0.717) is 0 Å². The molecule has 3 rings (SSSR count). The van der Waals surface area contributed by atoms with Gasteiger partial charge in [-0.1, -0.05) is 56.0 Å². The van der Waals surface area contributed by atoms with Crippen molar-refractivity contribution in [2.45, 2.75) is 63.5 Å². The standard InChI is InChI=1S/C21H32N2O2/c22-19-11-7-2-1-6-10-18(19)21(25)23-14-12-17(13-15-23)20(24)16-8-4-3-5-9-16/h3-5,8-9,17-20,24H,1-2,6-7,10-15,22H2. The molecule has 3 unspecified atom stereocenters. The first-order valence-corrected chi connectivity index (χ1v) is 9.94. The van der Waals surface area contributed by atoms with Gasteiger partial charge in [0.25, 0.3) is 0 Å². The van der Waals surface area contributed by atoms with E-state index in [-0.39, 0.29) is 23.8 Å². The van der Waals surface area contributed by atoms with Crippen LogP contribution in [0.15, 0.2) is 30.3 Å². The quantitative estimate of drug-likeness (QED) is 0.884. The molecule has 1 heterocycles. The van der Waals surface area contributed by atoms with Gasteiger partial charge >= 0.3 is 0 Å². The molecule has 1 aromatic carbocycles. The molecule has 3 atom stereocenters. The zero-order chi connectivity index (χ0) is 17.6. The minimum absolute atomic E-state index is 0.00380. The molecule has 1 aromatic rings. The molecule has 0 bridgehead atoms. The fraction of sp³-hybridized carbons (Fsp3) is 0.667. The summed E-state index contributed by atoms with van der Waals surface area (Å²) in [4.78, 5) is 15.0. The average molecular weight is 344 g/mol. The van der Waals surface area contributed by atoms with Gasteiger partial charge in [0.05, 0.1) is 12.0 Å². The van der Waals surface area contributed by atoms with Crippen molar-refractivity contribution in [2.24, 2.45) is 17.6 Å². The van der Waals surface area contributed by atoms with Gasteiger partial charge < -0.3 is 15.7 Å². The Morgan fingerprint density at radius 2 is 1.64 bits per heavy atom. The second-order valence-corrected chi connectivity index (χ2v) is 7.78. The molecule has 2 aliphatic rings. The van der Waals surface area contributed by atoms with E-state index in [1.54, 1.807) is 0 Å². The molecule has 4 nitrogen and oxygen atoms in total. The van der Waals surface area contributed by atoms with Gasteiger partial charge in [-0.25, -0.2) is 0 Å². The topological polar surface area (TPSA) is 66.6 Å². The van der Waals surface area contributed by atoms with E-state index in [1.807, 2.05) is 35.2 Å². The first kappa shape index (κ1) is 18.4. The highest BCUT2D eigenvalue weighted by Gasteiger charge is 2.33. The molecule has 25 heavy (non-hydrogen) atoms. The molecule has 1 saturated carbocycles. The van der Waals surface area contributed by atoms with Crippen LogP contribution in [-0.4, -0.2) is 35.0 Å². The van der Waals surface area contributed by atoms with Crippen molar-refractivity contribution in [3.8, 4) is 0 Å². The lowest BCUT2D eigenvalue weighted by Gasteiger charge is -2.37. The van der Waals surface area contributed by atoms with Gasteiger partial charge in [0.2, 0.25) is 5.91 Å². The number of hydrogen-bond donors (Lipinski definition) is 2. The van der Waals surface area contributed by atoms with E-state index < -0.39 is 6.10 Å². The maximum absolute atomic E-state index is 13.0. The molecule has 1 aliphatic carbocycles. The van der Waals surface area contributed by atoms with E-state index in [9.17, 15) is 9.90 Å². The molecule has 138 valence electrons. The van der Waals surface area contributed by atoms with Crippen molar-refractivity contribution in [1.82, 2.24) is 4.90 Å². The summed E-state index contributed by atoms with van der Waals surface area (Å²) < 4.78 is 0. The molecule has 4 heteroatoms. The lowest BCUT2D eigenvalue weighted by Crippen LogP contribution is -2.47. The van der Waals surface area contributed by atoms with E-state index in [1.165, 1.54) is 12.8 Å². The first-order chi connectivity index (χ1) is 12.2. The summed E-state index contributed by atoms with van der Waals surface area (Å²) in [6.45, 7) is 1.49. The van der Waals surface area contributed by atoms with E-state index in [4.69, 9.17) is 5.73 Å². The number of likely N-dealkylation sites (tertiary alicyclic amines) is 1. The van der Waals surface area contributed by atoms with Crippen LogP contribution >= 0.6 is 0 Å². The minimum atomic E-state index is -0.429. The number of carbonyl (C=O) groups excluding carboxylic acids is 1. The molecule has 1 saturated heterocycles. The van der Waals surface area contributed by atoms with E-state index in [0.717, 1.165) is 57.2 Å². The zero-order valence-electron chi connectivity index (χ0n) is 15.1. The van der Waals surface area contributed by atoms with Gasteiger partial charge in [0, 0.05) is 19.1 Å². The van der Waals surface area contributed by atoms with Crippen molar-refractivity contribution in [3.63, 3.8) is 0 Å². The summed E-state index contributed by atoms with van der Waals surface area (Å²) in [7, 11) is 0. The van der Waals surface area contributed by atoms with Gasteiger partial charge in [-0.2, -0.15) is 0 Å². The molecular formula is C21H32N2O2. The number of nitrogens with zero attached hydrogens (tertiary/aromatic N) is 1. The van der Waals surface area contributed by atoms with Crippen LogP contribution in [-0.2, 0) is 4.79 Å². The van der Waals surface area contributed by atoms with Crippen molar-refractivity contribution >= 4 is 5.91 Å². The third-order valence-electron chi connectivity index (χ3n) is 6.08. The third-order valence-corrected chi connectivity index (χ3v) is 6.08. The van der Waals surface area contributed by atoms with Crippen LogP contribution in [0.4, 0.5) is 0 Å². The number of benzene rings is 1. The second-order valence-electron chi connectivity index (χ2n) is 7.78. The van der Waals surface area contributed by atoms with Crippen LogP contribution in [0.3, 0.4) is 0 Å². The second kappa shape index (κ2) is 8.81. The smallest absolute Gasteiger partial charge is 0.227 e. The maximum Gasteiger partial charge on any atom is 0.227 e. The molecule has 0 radical (unpaired) electrons. The lowest BCUT2D eigenvalue weighted by atomic mass is 9.84. The normalized spacial score (nSPS) is 27.4. The Morgan fingerprint density at radius 3 is 2.32 bits per heavy atom.